The van der Waals surface area contributed by atoms with Gasteiger partial charge in [0.25, 0.3) is 0 Å². The van der Waals surface area contributed by atoms with Gasteiger partial charge in [0, 0.05) is 0 Å². The number of phosphoric acid groups is 1. The van der Waals surface area contributed by atoms with Crippen molar-refractivity contribution >= 4 is 13.9 Å². The standard InChI is InChI=1S/C9H11O5P/c1-2-8-3-5-9(6-4-8)7-13-14-15(10,11)12/h2-6H,1,7H2,(H2,10,11,12). The zero-order chi connectivity index (χ0) is 11.3. The first-order valence-corrected chi connectivity index (χ1v) is 5.62. The fourth-order valence-corrected chi connectivity index (χ4v) is 1.10. The highest BCUT2D eigenvalue weighted by atomic mass is 31.2. The number of rotatable bonds is 5. The van der Waals surface area contributed by atoms with Gasteiger partial charge >= 0.3 is 7.82 Å². The maximum atomic E-state index is 10.3. The Morgan fingerprint density at radius 2 is 1.93 bits per heavy atom. The Hall–Kier alpha value is -0.970. The summed E-state index contributed by atoms with van der Waals surface area (Å²) in [6.45, 7) is 3.57. The van der Waals surface area contributed by atoms with Gasteiger partial charge in [-0.1, -0.05) is 36.9 Å². The lowest BCUT2D eigenvalue weighted by Crippen LogP contribution is -1.93. The molecule has 1 rings (SSSR count). The summed E-state index contributed by atoms with van der Waals surface area (Å²) >= 11 is 0. The van der Waals surface area contributed by atoms with Crippen molar-refractivity contribution in [2.75, 3.05) is 0 Å². The minimum Gasteiger partial charge on any atom is -0.301 e. The summed E-state index contributed by atoms with van der Waals surface area (Å²) < 4.78 is 14.1. The number of hydrogen-bond donors (Lipinski definition) is 2. The van der Waals surface area contributed by atoms with Gasteiger partial charge in [-0.3, -0.25) is 0 Å². The summed E-state index contributed by atoms with van der Waals surface area (Å²) in [7, 11) is -4.56. The molecule has 6 heteroatoms. The average molecular weight is 230 g/mol. The lowest BCUT2D eigenvalue weighted by atomic mass is 10.1. The van der Waals surface area contributed by atoms with Crippen LogP contribution in [-0.2, 0) is 20.7 Å². The van der Waals surface area contributed by atoms with E-state index in [1.165, 1.54) is 0 Å². The highest BCUT2D eigenvalue weighted by molar-refractivity contribution is 7.46. The predicted octanol–water partition coefficient (Wildman–Crippen LogP) is 1.87. The van der Waals surface area contributed by atoms with Crippen LogP contribution in [0.25, 0.3) is 6.08 Å². The molecule has 0 aliphatic carbocycles. The molecule has 0 saturated heterocycles. The van der Waals surface area contributed by atoms with E-state index in [1.807, 2.05) is 12.1 Å². The third kappa shape index (κ3) is 4.88. The van der Waals surface area contributed by atoms with Gasteiger partial charge in [0.1, 0.15) is 6.61 Å². The van der Waals surface area contributed by atoms with E-state index < -0.39 is 7.82 Å². The van der Waals surface area contributed by atoms with Crippen LogP contribution in [0.1, 0.15) is 11.1 Å². The Kier molecular flexibility index (Phi) is 4.20. The van der Waals surface area contributed by atoms with Crippen molar-refractivity contribution in [3.8, 4) is 0 Å². The van der Waals surface area contributed by atoms with E-state index in [9.17, 15) is 4.57 Å². The van der Waals surface area contributed by atoms with Crippen LogP contribution in [0.4, 0.5) is 0 Å². The molecular formula is C9H11O5P. The van der Waals surface area contributed by atoms with Crippen molar-refractivity contribution in [1.29, 1.82) is 0 Å². The largest absolute Gasteiger partial charge is 0.496 e. The van der Waals surface area contributed by atoms with Crippen molar-refractivity contribution in [3.63, 3.8) is 0 Å². The topological polar surface area (TPSA) is 76.0 Å². The predicted molar refractivity (Wildman–Crippen MR) is 54.5 cm³/mol. The number of hydrogen-bond acceptors (Lipinski definition) is 3. The first-order valence-electron chi connectivity index (χ1n) is 4.09. The lowest BCUT2D eigenvalue weighted by Gasteiger charge is -2.04. The molecule has 0 atom stereocenters. The molecule has 5 nitrogen and oxygen atoms in total. The summed E-state index contributed by atoms with van der Waals surface area (Å²) in [6, 6.07) is 7.12. The van der Waals surface area contributed by atoms with Crippen molar-refractivity contribution < 1.29 is 23.9 Å². The highest BCUT2D eigenvalue weighted by Crippen LogP contribution is 2.36. The van der Waals surface area contributed by atoms with Gasteiger partial charge in [-0.2, -0.15) is 0 Å². The third-order valence-electron chi connectivity index (χ3n) is 1.59. The smallest absolute Gasteiger partial charge is 0.301 e. The molecule has 0 amide bonds. The molecule has 0 aliphatic heterocycles. The minimum atomic E-state index is -4.56. The zero-order valence-electron chi connectivity index (χ0n) is 7.87. The quantitative estimate of drug-likeness (QED) is 0.458. The maximum Gasteiger partial charge on any atom is 0.496 e. The molecule has 1 aromatic carbocycles. The molecule has 15 heavy (non-hydrogen) atoms. The van der Waals surface area contributed by atoms with Crippen LogP contribution in [0, 0.1) is 0 Å². The zero-order valence-corrected chi connectivity index (χ0v) is 8.76. The number of benzene rings is 1. The molecule has 82 valence electrons. The van der Waals surface area contributed by atoms with Crippen LogP contribution in [0.2, 0.25) is 0 Å². The van der Waals surface area contributed by atoms with Gasteiger partial charge in [-0.15, -0.1) is 4.67 Å². The molecule has 0 spiro atoms. The summed E-state index contributed by atoms with van der Waals surface area (Å²) in [6.07, 6.45) is 1.69. The van der Waals surface area contributed by atoms with E-state index in [4.69, 9.17) is 9.79 Å². The Balaban J connectivity index is 2.44. The molecule has 0 radical (unpaired) electrons. The molecule has 0 saturated carbocycles. The van der Waals surface area contributed by atoms with E-state index in [1.54, 1.807) is 18.2 Å². The molecule has 2 N–H and O–H groups in total. The first-order chi connectivity index (χ1) is 7.01. The summed E-state index contributed by atoms with van der Waals surface area (Å²) in [5.74, 6) is 0. The summed E-state index contributed by atoms with van der Waals surface area (Å²) in [5, 5.41) is 0. The molecule has 0 fully saturated rings. The van der Waals surface area contributed by atoms with E-state index >= 15 is 0 Å². The normalized spacial score (nSPS) is 11.3. The minimum absolute atomic E-state index is 0.0253. The van der Waals surface area contributed by atoms with Crippen molar-refractivity contribution in [3.05, 3.63) is 42.0 Å². The van der Waals surface area contributed by atoms with Crippen LogP contribution >= 0.6 is 7.82 Å². The van der Waals surface area contributed by atoms with Gasteiger partial charge in [0.05, 0.1) is 0 Å². The molecule has 0 bridgehead atoms. The van der Waals surface area contributed by atoms with Gasteiger partial charge in [0.15, 0.2) is 0 Å². The molecule has 0 unspecified atom stereocenters. The van der Waals surface area contributed by atoms with E-state index in [0.717, 1.165) is 11.1 Å². The summed E-state index contributed by atoms with van der Waals surface area (Å²) in [5.41, 5.74) is 1.70. The fourth-order valence-electron chi connectivity index (χ4n) is 0.913. The van der Waals surface area contributed by atoms with Crippen molar-refractivity contribution in [2.45, 2.75) is 6.61 Å². The fraction of sp³-hybridized carbons (Fsp3) is 0.111. The van der Waals surface area contributed by atoms with Crippen LogP contribution in [0.3, 0.4) is 0 Å². The second-order valence-electron chi connectivity index (χ2n) is 2.77. The molecule has 0 aromatic heterocycles. The lowest BCUT2D eigenvalue weighted by molar-refractivity contribution is -0.232. The second-order valence-corrected chi connectivity index (χ2v) is 3.90. The Morgan fingerprint density at radius 1 is 1.33 bits per heavy atom. The third-order valence-corrected chi connectivity index (χ3v) is 1.89. The van der Waals surface area contributed by atoms with Gasteiger partial charge in [0.2, 0.25) is 0 Å². The maximum absolute atomic E-state index is 10.3. The van der Waals surface area contributed by atoms with Crippen LogP contribution < -0.4 is 0 Å². The van der Waals surface area contributed by atoms with Crippen LogP contribution in [0.15, 0.2) is 30.8 Å². The van der Waals surface area contributed by atoms with E-state index in [-0.39, 0.29) is 6.61 Å². The monoisotopic (exact) mass is 230 g/mol. The van der Waals surface area contributed by atoms with Gasteiger partial charge in [-0.25, -0.2) is 9.45 Å². The van der Waals surface area contributed by atoms with Crippen molar-refractivity contribution in [2.24, 2.45) is 0 Å². The molecule has 1 aromatic rings. The Labute approximate surface area is 87.1 Å². The van der Waals surface area contributed by atoms with Crippen LogP contribution in [0.5, 0.6) is 0 Å². The molecule has 0 aliphatic rings. The van der Waals surface area contributed by atoms with E-state index in [2.05, 4.69) is 16.1 Å². The first kappa shape index (κ1) is 12.1. The Bertz CT molecular complexity index is 367. The van der Waals surface area contributed by atoms with E-state index in [0.29, 0.717) is 0 Å². The molecule has 0 heterocycles. The Morgan fingerprint density at radius 3 is 2.40 bits per heavy atom. The summed E-state index contributed by atoms with van der Waals surface area (Å²) in [4.78, 5) is 21.0. The van der Waals surface area contributed by atoms with Crippen molar-refractivity contribution in [1.82, 2.24) is 0 Å². The SMILES string of the molecule is C=Cc1ccc(COOP(=O)(O)O)cc1. The average Bonchev–Trinajstić information content (AvgIpc) is 2.17. The molecular weight excluding hydrogens is 219 g/mol. The van der Waals surface area contributed by atoms with Crippen LogP contribution in [-0.4, -0.2) is 9.79 Å². The highest BCUT2D eigenvalue weighted by Gasteiger charge is 2.14. The second kappa shape index (κ2) is 5.21. The van der Waals surface area contributed by atoms with Gasteiger partial charge < -0.3 is 9.79 Å². The van der Waals surface area contributed by atoms with Gasteiger partial charge in [-0.05, 0) is 11.1 Å².